The quantitative estimate of drug-likeness (QED) is 0.641. The fourth-order valence-electron chi connectivity index (χ4n) is 2.96. The fraction of sp³-hybridized carbons (Fsp3) is 0.316. The van der Waals surface area contributed by atoms with Crippen molar-refractivity contribution in [2.75, 3.05) is 43.6 Å². The van der Waals surface area contributed by atoms with Crippen LogP contribution in [0.1, 0.15) is 15.9 Å². The number of carbonyl (C=O) groups is 1. The van der Waals surface area contributed by atoms with E-state index in [2.05, 4.69) is 10.2 Å². The van der Waals surface area contributed by atoms with Crippen LogP contribution in [0.5, 0.6) is 5.75 Å². The van der Waals surface area contributed by atoms with E-state index in [-0.39, 0.29) is 11.3 Å². The number of anilines is 2. The molecule has 27 heavy (non-hydrogen) atoms. The molecule has 0 spiro atoms. The Hall–Kier alpha value is -3.13. The Balaban J connectivity index is 1.90. The van der Waals surface area contributed by atoms with Crippen molar-refractivity contribution in [2.45, 2.75) is 6.92 Å². The van der Waals surface area contributed by atoms with Crippen molar-refractivity contribution in [3.63, 3.8) is 0 Å². The minimum Gasteiger partial charge on any atom is -0.497 e. The summed E-state index contributed by atoms with van der Waals surface area (Å²) < 4.78 is 10.7. The molecule has 0 saturated carbocycles. The Morgan fingerprint density at radius 1 is 1.22 bits per heavy atom. The second kappa shape index (κ2) is 8.05. The van der Waals surface area contributed by atoms with Crippen LogP contribution in [-0.2, 0) is 4.74 Å². The minimum atomic E-state index is -0.489. The monoisotopic (exact) mass is 371 g/mol. The summed E-state index contributed by atoms with van der Waals surface area (Å²) in [6.07, 6.45) is 0. The number of methoxy groups -OCH3 is 1. The number of rotatable bonds is 5. The van der Waals surface area contributed by atoms with Crippen LogP contribution in [0.4, 0.5) is 17.1 Å². The van der Waals surface area contributed by atoms with Gasteiger partial charge in [-0.05, 0) is 25.1 Å². The largest absolute Gasteiger partial charge is 0.497 e. The maximum Gasteiger partial charge on any atom is 0.273 e. The maximum absolute atomic E-state index is 12.7. The van der Waals surface area contributed by atoms with Gasteiger partial charge in [0.05, 0.1) is 36.6 Å². The number of aryl methyl sites for hydroxylation is 1. The first kappa shape index (κ1) is 18.7. The summed E-state index contributed by atoms with van der Waals surface area (Å²) in [4.78, 5) is 25.5. The molecule has 1 fully saturated rings. The first-order chi connectivity index (χ1) is 13.0. The number of hydrogen-bond donors (Lipinski definition) is 1. The van der Waals surface area contributed by atoms with Gasteiger partial charge in [0.2, 0.25) is 0 Å². The van der Waals surface area contributed by atoms with Gasteiger partial charge in [-0.15, -0.1) is 0 Å². The van der Waals surface area contributed by atoms with Gasteiger partial charge in [-0.1, -0.05) is 6.07 Å². The molecule has 2 aromatic carbocycles. The summed E-state index contributed by atoms with van der Waals surface area (Å²) in [5, 5.41) is 14.0. The van der Waals surface area contributed by atoms with Crippen LogP contribution in [0.2, 0.25) is 0 Å². The Kier molecular flexibility index (Phi) is 5.56. The zero-order valence-corrected chi connectivity index (χ0v) is 15.2. The van der Waals surface area contributed by atoms with Gasteiger partial charge < -0.3 is 19.7 Å². The lowest BCUT2D eigenvalue weighted by Crippen LogP contribution is -2.36. The van der Waals surface area contributed by atoms with Crippen LogP contribution in [0.3, 0.4) is 0 Å². The zero-order valence-electron chi connectivity index (χ0n) is 15.2. The summed E-state index contributed by atoms with van der Waals surface area (Å²) in [5.41, 5.74) is 2.09. The molecule has 1 amide bonds. The third kappa shape index (κ3) is 4.17. The van der Waals surface area contributed by atoms with E-state index in [1.165, 1.54) is 6.07 Å². The van der Waals surface area contributed by atoms with Gasteiger partial charge in [-0.25, -0.2) is 0 Å². The lowest BCUT2D eigenvalue weighted by molar-refractivity contribution is -0.385. The Bertz CT molecular complexity index is 862. The number of amides is 1. The smallest absolute Gasteiger partial charge is 0.273 e. The summed E-state index contributed by atoms with van der Waals surface area (Å²) in [7, 11) is 1.55. The predicted octanol–water partition coefficient (Wildman–Crippen LogP) is 3.00. The molecule has 1 aliphatic rings. The Morgan fingerprint density at radius 2 is 1.96 bits per heavy atom. The van der Waals surface area contributed by atoms with Crippen LogP contribution < -0.4 is 15.0 Å². The van der Waals surface area contributed by atoms with E-state index in [9.17, 15) is 14.9 Å². The van der Waals surface area contributed by atoms with Crippen LogP contribution in [0.25, 0.3) is 0 Å². The fourth-order valence-corrected chi connectivity index (χ4v) is 2.96. The molecular weight excluding hydrogens is 350 g/mol. The first-order valence-corrected chi connectivity index (χ1v) is 8.56. The molecule has 1 saturated heterocycles. The van der Waals surface area contributed by atoms with Gasteiger partial charge in [0.1, 0.15) is 5.75 Å². The highest BCUT2D eigenvalue weighted by Crippen LogP contribution is 2.31. The lowest BCUT2D eigenvalue weighted by atomic mass is 10.1. The average Bonchev–Trinajstić information content (AvgIpc) is 2.68. The molecule has 0 aliphatic carbocycles. The number of carbonyl (C=O) groups excluding carboxylic acids is 1. The van der Waals surface area contributed by atoms with E-state index in [0.29, 0.717) is 43.3 Å². The topological polar surface area (TPSA) is 93.9 Å². The molecular formula is C19H21N3O5. The van der Waals surface area contributed by atoms with E-state index in [1.807, 2.05) is 12.1 Å². The van der Waals surface area contributed by atoms with Gasteiger partial charge in [-0.3, -0.25) is 14.9 Å². The second-order valence-corrected chi connectivity index (χ2v) is 6.19. The highest BCUT2D eigenvalue weighted by Gasteiger charge is 2.19. The molecule has 0 unspecified atom stereocenters. The van der Waals surface area contributed by atoms with Gasteiger partial charge in [0.15, 0.2) is 0 Å². The molecule has 142 valence electrons. The number of morpholine rings is 1. The molecule has 8 nitrogen and oxygen atoms in total. The molecule has 0 bridgehead atoms. The molecule has 0 atom stereocenters. The number of benzene rings is 2. The highest BCUT2D eigenvalue weighted by atomic mass is 16.6. The van der Waals surface area contributed by atoms with Gasteiger partial charge in [-0.2, -0.15) is 0 Å². The summed E-state index contributed by atoms with van der Waals surface area (Å²) in [5.74, 6) is 0.193. The van der Waals surface area contributed by atoms with Crippen molar-refractivity contribution in [1.82, 2.24) is 0 Å². The third-order valence-corrected chi connectivity index (χ3v) is 4.47. The lowest BCUT2D eigenvalue weighted by Gasteiger charge is -2.30. The van der Waals surface area contributed by atoms with Crippen molar-refractivity contribution in [3.05, 3.63) is 57.6 Å². The van der Waals surface area contributed by atoms with E-state index < -0.39 is 10.8 Å². The number of nitrogens with one attached hydrogen (secondary N) is 1. The zero-order chi connectivity index (χ0) is 19.4. The molecule has 1 N–H and O–H groups in total. The molecule has 0 radical (unpaired) electrons. The summed E-state index contributed by atoms with van der Waals surface area (Å²) in [6.45, 7) is 4.29. The van der Waals surface area contributed by atoms with Gasteiger partial charge in [0, 0.05) is 36.3 Å². The van der Waals surface area contributed by atoms with Crippen LogP contribution in [0, 0.1) is 17.0 Å². The first-order valence-electron chi connectivity index (χ1n) is 8.56. The average molecular weight is 371 g/mol. The Labute approximate surface area is 156 Å². The normalized spacial score (nSPS) is 13.9. The number of hydrogen-bond acceptors (Lipinski definition) is 6. The van der Waals surface area contributed by atoms with E-state index in [1.54, 1.807) is 32.2 Å². The van der Waals surface area contributed by atoms with E-state index in [4.69, 9.17) is 9.47 Å². The summed E-state index contributed by atoms with van der Waals surface area (Å²) in [6, 6.07) is 9.90. The van der Waals surface area contributed by atoms with Crippen molar-refractivity contribution in [1.29, 1.82) is 0 Å². The molecule has 3 rings (SSSR count). The molecule has 1 aliphatic heterocycles. The number of nitrogens with zero attached hydrogens (tertiary/aromatic N) is 2. The standard InChI is InChI=1S/C19H21N3O5/c1-13-3-4-14(11-18(13)22(24)25)19(23)20-16-12-15(26-2)5-6-17(16)21-7-9-27-10-8-21/h3-6,11-12H,7-10H2,1-2H3,(H,20,23). The van der Waals surface area contributed by atoms with E-state index >= 15 is 0 Å². The van der Waals surface area contributed by atoms with Gasteiger partial charge >= 0.3 is 0 Å². The molecule has 0 aromatic heterocycles. The van der Waals surface area contributed by atoms with Crippen LogP contribution in [-0.4, -0.2) is 44.2 Å². The molecule has 1 heterocycles. The summed E-state index contributed by atoms with van der Waals surface area (Å²) >= 11 is 0. The minimum absolute atomic E-state index is 0.0818. The van der Waals surface area contributed by atoms with Crippen LogP contribution in [0.15, 0.2) is 36.4 Å². The SMILES string of the molecule is COc1ccc(N2CCOCC2)c(NC(=O)c2ccc(C)c([N+](=O)[O-])c2)c1. The van der Waals surface area contributed by atoms with E-state index in [0.717, 1.165) is 5.69 Å². The molecule has 8 heteroatoms. The van der Waals surface area contributed by atoms with Crippen molar-refractivity contribution < 1.29 is 19.2 Å². The third-order valence-electron chi connectivity index (χ3n) is 4.47. The molecule has 2 aromatic rings. The number of nitro groups is 1. The maximum atomic E-state index is 12.7. The second-order valence-electron chi connectivity index (χ2n) is 6.19. The number of nitro benzene ring substituents is 1. The van der Waals surface area contributed by atoms with Crippen molar-refractivity contribution >= 4 is 23.0 Å². The van der Waals surface area contributed by atoms with Crippen molar-refractivity contribution in [2.24, 2.45) is 0 Å². The van der Waals surface area contributed by atoms with Crippen molar-refractivity contribution in [3.8, 4) is 5.75 Å². The van der Waals surface area contributed by atoms with Gasteiger partial charge in [0.25, 0.3) is 11.6 Å². The number of ether oxygens (including phenoxy) is 2. The Morgan fingerprint density at radius 3 is 2.63 bits per heavy atom. The predicted molar refractivity (Wildman–Crippen MR) is 102 cm³/mol. The van der Waals surface area contributed by atoms with Crippen LogP contribution >= 0.6 is 0 Å². The highest BCUT2D eigenvalue weighted by molar-refractivity contribution is 6.06.